The van der Waals surface area contributed by atoms with Gasteiger partial charge in [-0.05, 0) is 17.7 Å². The molecule has 1 aliphatic heterocycles. The molecule has 0 unspecified atom stereocenters. The number of pyridine rings is 1. The molecular weight excluding hydrogens is 254 g/mol. The Morgan fingerprint density at radius 2 is 2.10 bits per heavy atom. The van der Waals surface area contributed by atoms with E-state index in [0.29, 0.717) is 6.54 Å². The summed E-state index contributed by atoms with van der Waals surface area (Å²) in [5, 5.41) is 3.29. The number of nitrogens with one attached hydrogen (secondary N) is 1. The first-order valence-electron chi connectivity index (χ1n) is 6.70. The minimum atomic E-state index is 0.702. The molecule has 0 spiro atoms. The highest BCUT2D eigenvalue weighted by Gasteiger charge is 2.13. The van der Waals surface area contributed by atoms with Crippen LogP contribution in [0.2, 0.25) is 0 Å². The summed E-state index contributed by atoms with van der Waals surface area (Å²) in [4.78, 5) is 15.1. The summed E-state index contributed by atoms with van der Waals surface area (Å²) in [5.74, 6) is 1.58. The predicted molar refractivity (Wildman–Crippen MR) is 76.6 cm³/mol. The van der Waals surface area contributed by atoms with Gasteiger partial charge in [-0.2, -0.15) is 4.98 Å². The van der Waals surface area contributed by atoms with E-state index in [4.69, 9.17) is 4.74 Å². The quantitative estimate of drug-likeness (QED) is 0.905. The summed E-state index contributed by atoms with van der Waals surface area (Å²) in [7, 11) is 0. The van der Waals surface area contributed by atoms with Gasteiger partial charge in [0.25, 0.3) is 0 Å². The van der Waals surface area contributed by atoms with Crippen molar-refractivity contribution in [1.82, 2.24) is 15.0 Å². The second-order valence-electron chi connectivity index (χ2n) is 4.56. The molecule has 1 fully saturated rings. The van der Waals surface area contributed by atoms with Crippen molar-refractivity contribution in [2.45, 2.75) is 6.54 Å². The molecule has 3 rings (SSSR count). The van der Waals surface area contributed by atoms with Crippen LogP contribution < -0.4 is 10.2 Å². The van der Waals surface area contributed by atoms with Crippen molar-refractivity contribution >= 4 is 11.8 Å². The van der Waals surface area contributed by atoms with Crippen molar-refractivity contribution < 1.29 is 4.74 Å². The van der Waals surface area contributed by atoms with Crippen LogP contribution in [0.25, 0.3) is 0 Å². The molecule has 0 atom stereocenters. The third-order valence-electron chi connectivity index (χ3n) is 3.13. The summed E-state index contributed by atoms with van der Waals surface area (Å²) in [6, 6.07) is 5.83. The van der Waals surface area contributed by atoms with E-state index in [9.17, 15) is 0 Å². The smallest absolute Gasteiger partial charge is 0.227 e. The minimum absolute atomic E-state index is 0.702. The van der Waals surface area contributed by atoms with Gasteiger partial charge >= 0.3 is 0 Å². The number of morpholine rings is 1. The monoisotopic (exact) mass is 271 g/mol. The second-order valence-corrected chi connectivity index (χ2v) is 4.56. The predicted octanol–water partition coefficient (Wildman–Crippen LogP) is 1.32. The van der Waals surface area contributed by atoms with Gasteiger partial charge in [-0.25, -0.2) is 4.98 Å². The van der Waals surface area contributed by atoms with Gasteiger partial charge in [0.2, 0.25) is 5.95 Å². The Morgan fingerprint density at radius 1 is 1.20 bits per heavy atom. The van der Waals surface area contributed by atoms with E-state index in [1.165, 1.54) is 0 Å². The van der Waals surface area contributed by atoms with E-state index in [0.717, 1.165) is 43.6 Å². The molecule has 3 heterocycles. The van der Waals surface area contributed by atoms with E-state index in [2.05, 4.69) is 25.2 Å². The molecule has 0 bridgehead atoms. The number of rotatable bonds is 4. The second kappa shape index (κ2) is 6.29. The van der Waals surface area contributed by atoms with Crippen LogP contribution in [0.3, 0.4) is 0 Å². The van der Waals surface area contributed by atoms with Crippen molar-refractivity contribution in [1.29, 1.82) is 0 Å². The molecule has 20 heavy (non-hydrogen) atoms. The van der Waals surface area contributed by atoms with Crippen LogP contribution in [0, 0.1) is 0 Å². The zero-order chi connectivity index (χ0) is 13.6. The van der Waals surface area contributed by atoms with Crippen LogP contribution in [0.5, 0.6) is 0 Å². The van der Waals surface area contributed by atoms with Gasteiger partial charge in [-0.1, -0.05) is 6.07 Å². The number of nitrogens with zero attached hydrogens (tertiary/aromatic N) is 4. The molecule has 6 nitrogen and oxygen atoms in total. The summed E-state index contributed by atoms with van der Waals surface area (Å²) < 4.78 is 5.34. The zero-order valence-corrected chi connectivity index (χ0v) is 11.2. The van der Waals surface area contributed by atoms with Gasteiger partial charge in [0, 0.05) is 38.2 Å². The SMILES string of the molecule is c1cncc(CNc2ccnc(N3CCOCC3)n2)c1. The zero-order valence-electron chi connectivity index (χ0n) is 11.2. The van der Waals surface area contributed by atoms with Crippen LogP contribution in [0.4, 0.5) is 11.8 Å². The lowest BCUT2D eigenvalue weighted by Crippen LogP contribution is -2.37. The van der Waals surface area contributed by atoms with E-state index in [1.807, 2.05) is 24.4 Å². The third-order valence-corrected chi connectivity index (χ3v) is 3.13. The van der Waals surface area contributed by atoms with E-state index in [-0.39, 0.29) is 0 Å². The summed E-state index contributed by atoms with van der Waals surface area (Å²) in [6.07, 6.45) is 5.39. The molecule has 0 amide bonds. The molecule has 0 aromatic carbocycles. The van der Waals surface area contributed by atoms with Gasteiger partial charge in [0.15, 0.2) is 0 Å². The van der Waals surface area contributed by atoms with Gasteiger partial charge in [-0.3, -0.25) is 4.98 Å². The molecule has 2 aromatic heterocycles. The van der Waals surface area contributed by atoms with Crippen molar-refractivity contribution in [2.24, 2.45) is 0 Å². The van der Waals surface area contributed by atoms with Gasteiger partial charge < -0.3 is 15.0 Å². The number of hydrogen-bond donors (Lipinski definition) is 1. The minimum Gasteiger partial charge on any atom is -0.378 e. The Kier molecular flexibility index (Phi) is 4.03. The first kappa shape index (κ1) is 12.8. The number of ether oxygens (including phenoxy) is 1. The highest BCUT2D eigenvalue weighted by Crippen LogP contribution is 2.13. The average Bonchev–Trinajstić information content (AvgIpc) is 2.55. The fourth-order valence-electron chi connectivity index (χ4n) is 2.06. The molecule has 104 valence electrons. The Bertz CT molecular complexity index is 542. The molecule has 1 N–H and O–H groups in total. The number of anilines is 2. The number of hydrogen-bond acceptors (Lipinski definition) is 6. The van der Waals surface area contributed by atoms with Gasteiger partial charge in [0.1, 0.15) is 5.82 Å². The van der Waals surface area contributed by atoms with Crippen LogP contribution in [-0.2, 0) is 11.3 Å². The van der Waals surface area contributed by atoms with Crippen LogP contribution >= 0.6 is 0 Å². The molecule has 0 aliphatic carbocycles. The maximum absolute atomic E-state index is 5.34. The molecular formula is C14H17N5O. The summed E-state index contributed by atoms with van der Waals surface area (Å²) >= 11 is 0. The number of aromatic nitrogens is 3. The molecule has 6 heteroatoms. The lowest BCUT2D eigenvalue weighted by molar-refractivity contribution is 0.122. The van der Waals surface area contributed by atoms with Gasteiger partial charge in [-0.15, -0.1) is 0 Å². The Morgan fingerprint density at radius 3 is 2.90 bits per heavy atom. The molecule has 1 aliphatic rings. The first-order valence-corrected chi connectivity index (χ1v) is 6.70. The third kappa shape index (κ3) is 3.21. The van der Waals surface area contributed by atoms with E-state index < -0.39 is 0 Å². The maximum atomic E-state index is 5.34. The van der Waals surface area contributed by atoms with Crippen molar-refractivity contribution in [3.63, 3.8) is 0 Å². The maximum Gasteiger partial charge on any atom is 0.227 e. The molecule has 2 aromatic rings. The molecule has 0 saturated carbocycles. The highest BCUT2D eigenvalue weighted by atomic mass is 16.5. The Hall–Kier alpha value is -2.21. The molecule has 1 saturated heterocycles. The normalized spacial score (nSPS) is 15.1. The topological polar surface area (TPSA) is 63.2 Å². The average molecular weight is 271 g/mol. The van der Waals surface area contributed by atoms with Crippen molar-refractivity contribution in [2.75, 3.05) is 36.5 Å². The Balaban J connectivity index is 1.65. The summed E-state index contributed by atoms with van der Waals surface area (Å²) in [5.41, 5.74) is 1.12. The lowest BCUT2D eigenvalue weighted by Gasteiger charge is -2.26. The first-order chi connectivity index (χ1) is 9.92. The highest BCUT2D eigenvalue weighted by molar-refractivity contribution is 5.41. The molecule has 0 radical (unpaired) electrons. The fourth-order valence-corrected chi connectivity index (χ4v) is 2.06. The fraction of sp³-hybridized carbons (Fsp3) is 0.357. The van der Waals surface area contributed by atoms with Crippen molar-refractivity contribution in [3.8, 4) is 0 Å². The van der Waals surface area contributed by atoms with Crippen LogP contribution in [0.1, 0.15) is 5.56 Å². The van der Waals surface area contributed by atoms with Gasteiger partial charge in [0.05, 0.1) is 13.2 Å². The Labute approximate surface area is 117 Å². The van der Waals surface area contributed by atoms with Crippen molar-refractivity contribution in [3.05, 3.63) is 42.4 Å². The van der Waals surface area contributed by atoms with Crippen LogP contribution in [0.15, 0.2) is 36.8 Å². The lowest BCUT2D eigenvalue weighted by atomic mass is 10.3. The summed E-state index contributed by atoms with van der Waals surface area (Å²) in [6.45, 7) is 3.85. The largest absolute Gasteiger partial charge is 0.378 e. The van der Waals surface area contributed by atoms with E-state index >= 15 is 0 Å². The van der Waals surface area contributed by atoms with E-state index in [1.54, 1.807) is 12.4 Å². The standard InChI is InChI=1S/C14H17N5O/c1-2-12(10-15-4-1)11-17-13-3-5-16-14(18-13)19-6-8-20-9-7-19/h1-5,10H,6-9,11H2,(H,16,17,18). The van der Waals surface area contributed by atoms with Crippen LogP contribution in [-0.4, -0.2) is 41.3 Å².